The summed E-state index contributed by atoms with van der Waals surface area (Å²) in [5.74, 6) is -2.41. The van der Waals surface area contributed by atoms with Crippen molar-refractivity contribution in [2.45, 2.75) is 32.5 Å². The molecule has 0 fully saturated rings. The van der Waals surface area contributed by atoms with Gasteiger partial charge < -0.3 is 19.5 Å². The second-order valence-corrected chi connectivity index (χ2v) is 8.52. The van der Waals surface area contributed by atoms with Gasteiger partial charge in [0.2, 0.25) is 0 Å². The van der Waals surface area contributed by atoms with Gasteiger partial charge in [-0.3, -0.25) is 9.36 Å². The largest absolute Gasteiger partial charge is 0.480 e. The number of hydrogen-bond acceptors (Lipinski definition) is 5. The fourth-order valence-corrected chi connectivity index (χ4v) is 4.53. The Balaban J connectivity index is 2.07. The average molecular weight is 437 g/mol. The number of hydrogen-bond donors (Lipinski definition) is 2. The molecule has 0 unspecified atom stereocenters. The molecule has 30 heavy (non-hydrogen) atoms. The van der Waals surface area contributed by atoms with Crippen LogP contribution < -0.4 is 5.32 Å². The van der Waals surface area contributed by atoms with Crippen LogP contribution in [0.15, 0.2) is 48.5 Å². The number of carbonyl (C=O) groups excluding carboxylic acids is 1. The number of carboxylic acid groups (broad SMARTS) is 1. The quantitative estimate of drug-likeness (QED) is 0.515. The molecule has 7 nitrogen and oxygen atoms in total. The van der Waals surface area contributed by atoms with Crippen LogP contribution in [0.2, 0.25) is 0 Å². The first-order chi connectivity index (χ1) is 14.3. The molecule has 0 spiro atoms. The van der Waals surface area contributed by atoms with E-state index in [1.165, 1.54) is 30.3 Å². The molecule has 0 aliphatic rings. The fraction of sp³-hybridized carbons (Fsp3) is 0.333. The van der Waals surface area contributed by atoms with Crippen molar-refractivity contribution in [1.29, 1.82) is 0 Å². The molecule has 0 aliphatic carbocycles. The molecule has 2 aromatic carbocycles. The Bertz CT molecular complexity index is 908. The first-order valence-corrected chi connectivity index (χ1v) is 11.2. The molecule has 2 N–H and O–H groups in total. The van der Waals surface area contributed by atoms with Crippen LogP contribution in [0.3, 0.4) is 0 Å². The van der Waals surface area contributed by atoms with Crippen LogP contribution in [0.1, 0.15) is 35.3 Å². The van der Waals surface area contributed by atoms with Crippen LogP contribution >= 0.6 is 7.60 Å². The minimum Gasteiger partial charge on any atom is -0.480 e. The third-order valence-corrected chi connectivity index (χ3v) is 6.28. The van der Waals surface area contributed by atoms with Gasteiger partial charge in [-0.05, 0) is 43.2 Å². The standard InChI is InChI=1S/C21H25FNO6P/c1-3-28-30(27,29-4-2)14-15-9-11-16(12-10-15)20(24)23-19(21(25)26)13-17-7-5-6-8-18(17)22/h5-12,19H,3-4,13-14H2,1-2H3,(H,23,24)(H,25,26)/t19-/m0/s1. The highest BCUT2D eigenvalue weighted by molar-refractivity contribution is 7.53. The molecule has 0 heterocycles. The van der Waals surface area contributed by atoms with E-state index in [1.807, 2.05) is 0 Å². The van der Waals surface area contributed by atoms with Crippen LogP contribution in [-0.2, 0) is 31.0 Å². The minimum atomic E-state index is -3.27. The molecule has 0 bridgehead atoms. The van der Waals surface area contributed by atoms with E-state index < -0.39 is 31.3 Å². The lowest BCUT2D eigenvalue weighted by Gasteiger charge is -2.17. The van der Waals surface area contributed by atoms with Gasteiger partial charge in [-0.25, -0.2) is 9.18 Å². The molecule has 0 radical (unpaired) electrons. The van der Waals surface area contributed by atoms with Gasteiger partial charge in [-0.1, -0.05) is 30.3 Å². The normalized spacial score (nSPS) is 12.4. The van der Waals surface area contributed by atoms with E-state index in [0.717, 1.165) is 0 Å². The molecule has 0 saturated heterocycles. The highest BCUT2D eigenvalue weighted by atomic mass is 31.2. The molecule has 2 aromatic rings. The van der Waals surface area contributed by atoms with Gasteiger partial charge in [-0.15, -0.1) is 0 Å². The van der Waals surface area contributed by atoms with Crippen molar-refractivity contribution in [2.24, 2.45) is 0 Å². The molecule has 1 atom stereocenters. The number of rotatable bonds is 11. The van der Waals surface area contributed by atoms with Crippen molar-refractivity contribution in [3.8, 4) is 0 Å². The maximum Gasteiger partial charge on any atom is 0.335 e. The van der Waals surface area contributed by atoms with Crippen molar-refractivity contribution in [1.82, 2.24) is 5.32 Å². The number of halogens is 1. The lowest BCUT2D eigenvalue weighted by atomic mass is 10.0. The summed E-state index contributed by atoms with van der Waals surface area (Å²) in [5, 5.41) is 11.8. The Morgan fingerprint density at radius 1 is 1.07 bits per heavy atom. The molecular weight excluding hydrogens is 412 g/mol. The first-order valence-electron chi connectivity index (χ1n) is 9.52. The van der Waals surface area contributed by atoms with Gasteiger partial charge in [-0.2, -0.15) is 0 Å². The zero-order valence-electron chi connectivity index (χ0n) is 16.8. The van der Waals surface area contributed by atoms with Crippen molar-refractivity contribution >= 4 is 19.5 Å². The summed E-state index contributed by atoms with van der Waals surface area (Å²) in [4.78, 5) is 24.0. The van der Waals surface area contributed by atoms with Crippen molar-refractivity contribution in [2.75, 3.05) is 13.2 Å². The molecule has 0 saturated carbocycles. The second-order valence-electron chi connectivity index (χ2n) is 6.46. The Hall–Kier alpha value is -2.54. The van der Waals surface area contributed by atoms with E-state index in [0.29, 0.717) is 5.56 Å². The Morgan fingerprint density at radius 2 is 1.67 bits per heavy atom. The number of amides is 1. The van der Waals surface area contributed by atoms with Crippen LogP contribution in [0, 0.1) is 5.82 Å². The van der Waals surface area contributed by atoms with Gasteiger partial charge in [0, 0.05) is 12.0 Å². The van der Waals surface area contributed by atoms with Gasteiger partial charge in [0.05, 0.1) is 19.4 Å². The van der Waals surface area contributed by atoms with E-state index in [-0.39, 0.29) is 36.9 Å². The molecule has 2 rings (SSSR count). The lowest BCUT2D eigenvalue weighted by Crippen LogP contribution is -2.42. The smallest absolute Gasteiger partial charge is 0.335 e. The maximum atomic E-state index is 13.8. The van der Waals surface area contributed by atoms with Crippen molar-refractivity contribution in [3.05, 3.63) is 71.0 Å². The van der Waals surface area contributed by atoms with E-state index >= 15 is 0 Å². The van der Waals surface area contributed by atoms with Crippen molar-refractivity contribution < 1.29 is 32.7 Å². The van der Waals surface area contributed by atoms with Crippen molar-refractivity contribution in [3.63, 3.8) is 0 Å². The highest BCUT2D eigenvalue weighted by Gasteiger charge is 2.25. The number of carboxylic acids is 1. The lowest BCUT2D eigenvalue weighted by molar-refractivity contribution is -0.139. The summed E-state index contributed by atoms with van der Waals surface area (Å²) in [6.07, 6.45) is -0.126. The zero-order chi connectivity index (χ0) is 22.1. The monoisotopic (exact) mass is 437 g/mol. The fourth-order valence-electron chi connectivity index (χ4n) is 2.83. The van der Waals surface area contributed by atoms with E-state index in [2.05, 4.69) is 5.32 Å². The molecule has 162 valence electrons. The topological polar surface area (TPSA) is 102 Å². The van der Waals surface area contributed by atoms with Crippen LogP contribution in [0.5, 0.6) is 0 Å². The number of benzene rings is 2. The molecule has 1 amide bonds. The highest BCUT2D eigenvalue weighted by Crippen LogP contribution is 2.51. The van der Waals surface area contributed by atoms with Crippen LogP contribution in [0.25, 0.3) is 0 Å². The molecule has 9 heteroatoms. The van der Waals surface area contributed by atoms with E-state index in [4.69, 9.17) is 9.05 Å². The number of nitrogens with one attached hydrogen (secondary N) is 1. The summed E-state index contributed by atoms with van der Waals surface area (Å²) in [5.41, 5.74) is 1.07. The van der Waals surface area contributed by atoms with Gasteiger partial charge in [0.25, 0.3) is 5.91 Å². The predicted molar refractivity (Wildman–Crippen MR) is 110 cm³/mol. The van der Waals surface area contributed by atoms with Crippen LogP contribution in [0.4, 0.5) is 4.39 Å². The van der Waals surface area contributed by atoms with Gasteiger partial charge in [0.15, 0.2) is 0 Å². The minimum absolute atomic E-state index is 0.0572. The first kappa shape index (κ1) is 23.7. The Labute approximate surface area is 174 Å². The summed E-state index contributed by atoms with van der Waals surface area (Å²) in [6, 6.07) is 10.7. The predicted octanol–water partition coefficient (Wildman–Crippen LogP) is 4.02. The summed E-state index contributed by atoms with van der Waals surface area (Å²) < 4.78 is 36.9. The zero-order valence-corrected chi connectivity index (χ0v) is 17.7. The van der Waals surface area contributed by atoms with Crippen LogP contribution in [-0.4, -0.2) is 36.2 Å². The summed E-state index contributed by atoms with van der Waals surface area (Å²) in [7, 11) is -3.27. The van der Waals surface area contributed by atoms with Gasteiger partial charge in [0.1, 0.15) is 11.9 Å². The third kappa shape index (κ3) is 6.76. The number of aliphatic carboxylic acids is 1. The number of carbonyl (C=O) groups is 2. The average Bonchev–Trinajstić information content (AvgIpc) is 2.69. The van der Waals surface area contributed by atoms with E-state index in [1.54, 1.807) is 32.0 Å². The summed E-state index contributed by atoms with van der Waals surface area (Å²) >= 11 is 0. The Morgan fingerprint density at radius 3 is 2.20 bits per heavy atom. The molecule has 0 aromatic heterocycles. The second kappa shape index (κ2) is 11.0. The third-order valence-electron chi connectivity index (χ3n) is 4.23. The maximum absolute atomic E-state index is 13.8. The summed E-state index contributed by atoms with van der Waals surface area (Å²) in [6.45, 7) is 3.94. The Kier molecular flexibility index (Phi) is 8.72. The van der Waals surface area contributed by atoms with E-state index in [9.17, 15) is 23.7 Å². The SMILES string of the molecule is CCOP(=O)(Cc1ccc(C(=O)N[C@@H](Cc2ccccc2F)C(=O)O)cc1)OCC. The molecular formula is C21H25FNO6P. The molecule has 0 aliphatic heterocycles. The van der Waals surface area contributed by atoms with Gasteiger partial charge >= 0.3 is 13.6 Å².